The molecule has 1 saturated heterocycles. The number of piperidine rings is 1. The van der Waals surface area contributed by atoms with Gasteiger partial charge in [-0.2, -0.15) is 0 Å². The van der Waals surface area contributed by atoms with Crippen LogP contribution < -0.4 is 26.0 Å². The van der Waals surface area contributed by atoms with Gasteiger partial charge in [0.05, 0.1) is 6.54 Å². The van der Waals surface area contributed by atoms with Crippen molar-refractivity contribution in [3.63, 3.8) is 0 Å². The van der Waals surface area contributed by atoms with E-state index in [4.69, 9.17) is 15.5 Å². The molecule has 2 aromatic rings. The number of amides is 1. The van der Waals surface area contributed by atoms with Crippen LogP contribution in [0.15, 0.2) is 47.5 Å². The Morgan fingerprint density at radius 2 is 2.03 bits per heavy atom. The normalized spacial score (nSPS) is 14.9. The number of nitrogens with two attached hydrogens (primary N) is 1. The van der Waals surface area contributed by atoms with Gasteiger partial charge in [-0.3, -0.25) is 4.79 Å². The summed E-state index contributed by atoms with van der Waals surface area (Å²) in [6.45, 7) is 7.18. The number of aromatic nitrogens is 1. The summed E-state index contributed by atoms with van der Waals surface area (Å²) in [4.78, 5) is 22.6. The van der Waals surface area contributed by atoms with Crippen LogP contribution in [0, 0.1) is 6.92 Å². The number of carbonyl (C=O) groups excluding carboxylic acids is 1. The first-order valence-corrected chi connectivity index (χ1v) is 10.8. The zero-order valence-corrected chi connectivity index (χ0v) is 18.3. The molecule has 0 atom stereocenters. The number of aliphatic imine (C=N–C) groups is 1. The van der Waals surface area contributed by atoms with E-state index in [1.165, 1.54) is 0 Å². The Hall–Kier alpha value is -3.29. The lowest BCUT2D eigenvalue weighted by atomic mass is 10.1. The maximum atomic E-state index is 10.9. The van der Waals surface area contributed by atoms with Crippen molar-refractivity contribution in [2.75, 3.05) is 31.1 Å². The van der Waals surface area contributed by atoms with Crippen molar-refractivity contribution in [1.82, 2.24) is 15.6 Å². The van der Waals surface area contributed by atoms with Gasteiger partial charge >= 0.3 is 0 Å². The highest BCUT2D eigenvalue weighted by atomic mass is 16.5. The van der Waals surface area contributed by atoms with Crippen molar-refractivity contribution in [2.45, 2.75) is 39.3 Å². The summed E-state index contributed by atoms with van der Waals surface area (Å²) < 4.78 is 5.37. The molecule has 1 fully saturated rings. The van der Waals surface area contributed by atoms with Gasteiger partial charge in [0, 0.05) is 31.4 Å². The van der Waals surface area contributed by atoms with Crippen LogP contribution in [0.4, 0.5) is 5.82 Å². The van der Waals surface area contributed by atoms with Crippen molar-refractivity contribution >= 4 is 17.7 Å². The smallest absolute Gasteiger partial charge is 0.255 e. The topological polar surface area (TPSA) is 105 Å². The third kappa shape index (κ3) is 7.16. The second-order valence-electron chi connectivity index (χ2n) is 7.64. The highest BCUT2D eigenvalue weighted by molar-refractivity contribution is 5.80. The fraction of sp³-hybridized carbons (Fsp3) is 0.435. The molecule has 1 aliphatic rings. The molecule has 1 aliphatic heterocycles. The number of guanidine groups is 1. The van der Waals surface area contributed by atoms with E-state index in [0.717, 1.165) is 55.5 Å². The Bertz CT molecular complexity index is 893. The van der Waals surface area contributed by atoms with Crippen molar-refractivity contribution in [3.8, 4) is 5.75 Å². The SMILES string of the molecule is CCNC(=NCc1cccc(OCC(N)=O)c1)NC1CCN(c2cccc(C)n2)CC1. The van der Waals surface area contributed by atoms with Gasteiger partial charge in [0.25, 0.3) is 5.91 Å². The quantitative estimate of drug-likeness (QED) is 0.442. The van der Waals surface area contributed by atoms with E-state index in [1.807, 2.05) is 31.2 Å². The van der Waals surface area contributed by atoms with Gasteiger partial charge in [-0.15, -0.1) is 0 Å². The van der Waals surface area contributed by atoms with Crippen LogP contribution in [0.25, 0.3) is 0 Å². The zero-order valence-electron chi connectivity index (χ0n) is 18.3. The highest BCUT2D eigenvalue weighted by Crippen LogP contribution is 2.18. The fourth-order valence-electron chi connectivity index (χ4n) is 3.53. The van der Waals surface area contributed by atoms with Crippen LogP contribution in [0.3, 0.4) is 0 Å². The number of hydrogen-bond donors (Lipinski definition) is 3. The molecule has 2 heterocycles. The predicted molar refractivity (Wildman–Crippen MR) is 123 cm³/mol. The molecule has 0 radical (unpaired) electrons. The van der Waals surface area contributed by atoms with Gasteiger partial charge in [-0.1, -0.05) is 18.2 Å². The van der Waals surface area contributed by atoms with Crippen LogP contribution in [-0.2, 0) is 11.3 Å². The second-order valence-corrected chi connectivity index (χ2v) is 7.64. The fourth-order valence-corrected chi connectivity index (χ4v) is 3.53. The molecule has 4 N–H and O–H groups in total. The number of aryl methyl sites for hydroxylation is 1. The lowest BCUT2D eigenvalue weighted by Gasteiger charge is -2.34. The molecule has 3 rings (SSSR count). The number of primary amides is 1. The van der Waals surface area contributed by atoms with Crippen LogP contribution in [0.5, 0.6) is 5.75 Å². The number of benzene rings is 1. The van der Waals surface area contributed by atoms with Gasteiger partial charge in [0.15, 0.2) is 12.6 Å². The molecule has 1 amide bonds. The number of carbonyl (C=O) groups is 1. The number of hydrogen-bond acceptors (Lipinski definition) is 5. The molecule has 0 bridgehead atoms. The molecule has 0 unspecified atom stereocenters. The van der Waals surface area contributed by atoms with E-state index < -0.39 is 5.91 Å². The molecular weight excluding hydrogens is 392 g/mol. The molecule has 0 saturated carbocycles. The Kier molecular flexibility index (Phi) is 8.09. The summed E-state index contributed by atoms with van der Waals surface area (Å²) in [5.41, 5.74) is 7.18. The minimum atomic E-state index is -0.494. The van der Waals surface area contributed by atoms with E-state index in [1.54, 1.807) is 6.07 Å². The van der Waals surface area contributed by atoms with Crippen molar-refractivity contribution in [1.29, 1.82) is 0 Å². The largest absolute Gasteiger partial charge is 0.484 e. The molecule has 31 heavy (non-hydrogen) atoms. The maximum absolute atomic E-state index is 10.9. The van der Waals surface area contributed by atoms with E-state index >= 15 is 0 Å². The van der Waals surface area contributed by atoms with Gasteiger partial charge in [-0.25, -0.2) is 9.98 Å². The molecule has 1 aromatic carbocycles. The van der Waals surface area contributed by atoms with E-state index in [9.17, 15) is 4.79 Å². The summed E-state index contributed by atoms with van der Waals surface area (Å²) in [7, 11) is 0. The monoisotopic (exact) mass is 424 g/mol. The molecular formula is C23H32N6O2. The van der Waals surface area contributed by atoms with Crippen molar-refractivity contribution < 1.29 is 9.53 Å². The first kappa shape index (κ1) is 22.4. The molecule has 166 valence electrons. The third-order valence-electron chi connectivity index (χ3n) is 5.08. The average molecular weight is 425 g/mol. The van der Waals surface area contributed by atoms with Crippen LogP contribution in [0.1, 0.15) is 31.0 Å². The summed E-state index contributed by atoms with van der Waals surface area (Å²) in [6.07, 6.45) is 2.05. The average Bonchev–Trinajstić information content (AvgIpc) is 2.77. The van der Waals surface area contributed by atoms with E-state index in [2.05, 4.69) is 39.6 Å². The molecule has 8 heteroatoms. The third-order valence-corrected chi connectivity index (χ3v) is 5.08. The van der Waals surface area contributed by atoms with Gasteiger partial charge in [0.1, 0.15) is 11.6 Å². The first-order chi connectivity index (χ1) is 15.0. The molecule has 8 nitrogen and oxygen atoms in total. The van der Waals surface area contributed by atoms with Gasteiger partial charge < -0.3 is 26.0 Å². The summed E-state index contributed by atoms with van der Waals surface area (Å²) in [5, 5.41) is 6.89. The van der Waals surface area contributed by atoms with E-state index in [-0.39, 0.29) is 6.61 Å². The summed E-state index contributed by atoms with van der Waals surface area (Å²) in [6, 6.07) is 14.1. The Labute approximate surface area is 183 Å². The number of rotatable bonds is 8. The number of nitrogens with zero attached hydrogens (tertiary/aromatic N) is 3. The Morgan fingerprint density at radius 3 is 2.74 bits per heavy atom. The van der Waals surface area contributed by atoms with E-state index in [0.29, 0.717) is 18.3 Å². The van der Waals surface area contributed by atoms with Crippen LogP contribution in [0.2, 0.25) is 0 Å². The number of anilines is 1. The van der Waals surface area contributed by atoms with Crippen molar-refractivity contribution in [3.05, 3.63) is 53.7 Å². The van der Waals surface area contributed by atoms with Crippen molar-refractivity contribution in [2.24, 2.45) is 10.7 Å². The minimum absolute atomic E-state index is 0.131. The van der Waals surface area contributed by atoms with Crippen LogP contribution in [-0.4, -0.2) is 49.1 Å². The predicted octanol–water partition coefficient (Wildman–Crippen LogP) is 1.98. The minimum Gasteiger partial charge on any atom is -0.484 e. The lowest BCUT2D eigenvalue weighted by molar-refractivity contribution is -0.119. The number of pyridine rings is 1. The van der Waals surface area contributed by atoms with Crippen LogP contribution >= 0.6 is 0 Å². The highest BCUT2D eigenvalue weighted by Gasteiger charge is 2.21. The Morgan fingerprint density at radius 1 is 1.26 bits per heavy atom. The molecule has 0 spiro atoms. The molecule has 1 aromatic heterocycles. The number of ether oxygens (including phenoxy) is 1. The maximum Gasteiger partial charge on any atom is 0.255 e. The summed E-state index contributed by atoms with van der Waals surface area (Å²) in [5.74, 6) is 1.98. The van der Waals surface area contributed by atoms with Gasteiger partial charge in [0.2, 0.25) is 0 Å². The number of nitrogens with one attached hydrogen (secondary N) is 2. The standard InChI is InChI=1S/C23H32N6O2/c1-3-25-23(26-15-18-7-5-8-20(14-18)31-16-21(24)30)28-19-10-12-29(13-11-19)22-9-4-6-17(2)27-22/h4-9,14,19H,3,10-13,15-16H2,1-2H3,(H2,24,30)(H2,25,26,28). The zero-order chi connectivity index (χ0) is 22.1. The second kappa shape index (κ2) is 11.2. The lowest BCUT2D eigenvalue weighted by Crippen LogP contribution is -2.48. The van der Waals surface area contributed by atoms with Gasteiger partial charge in [-0.05, 0) is 56.5 Å². The Balaban J connectivity index is 1.54. The first-order valence-electron chi connectivity index (χ1n) is 10.8. The molecule has 0 aliphatic carbocycles. The summed E-state index contributed by atoms with van der Waals surface area (Å²) >= 11 is 0.